The summed E-state index contributed by atoms with van der Waals surface area (Å²) in [6.45, 7) is 15.3. The normalized spacial score (nSPS) is 11.3. The van der Waals surface area contributed by atoms with E-state index in [1.807, 2.05) is 64.1 Å². The Balaban J connectivity index is 0.00000123. The van der Waals surface area contributed by atoms with Crippen LogP contribution in [0.2, 0.25) is 0 Å². The largest absolute Gasteiger partial charge is 0.301 e. The van der Waals surface area contributed by atoms with Crippen LogP contribution in [0.3, 0.4) is 0 Å². The number of rotatable bonds is 5. The minimum absolute atomic E-state index is 0.672. The van der Waals surface area contributed by atoms with E-state index >= 15 is 0 Å². The molecule has 2 nitrogen and oxygen atoms in total. The summed E-state index contributed by atoms with van der Waals surface area (Å²) in [5.74, 6) is 0. The van der Waals surface area contributed by atoms with Gasteiger partial charge in [-0.2, -0.15) is 0 Å². The molecule has 2 rings (SSSR count). The molecule has 1 atom stereocenters. The number of halogens is 1. The smallest absolute Gasteiger partial charge is 0.150 e. The Morgan fingerprint density at radius 1 is 1.04 bits per heavy atom. The maximum Gasteiger partial charge on any atom is 0.150 e. The zero-order chi connectivity index (χ0) is 18.5. The second-order valence-corrected chi connectivity index (χ2v) is 6.06. The third-order valence-electron chi connectivity index (χ3n) is 2.76. The Morgan fingerprint density at radius 2 is 1.62 bits per heavy atom. The van der Waals surface area contributed by atoms with Crippen LogP contribution in [0, 0.1) is 0 Å². The molecule has 1 unspecified atom stereocenters. The summed E-state index contributed by atoms with van der Waals surface area (Å²) in [7, 11) is -1.36. The van der Waals surface area contributed by atoms with Crippen molar-refractivity contribution in [1.29, 1.82) is 0 Å². The van der Waals surface area contributed by atoms with Gasteiger partial charge in [-0.3, -0.25) is 0 Å². The van der Waals surface area contributed by atoms with E-state index in [0.29, 0.717) is 5.70 Å². The zero-order valence-electron chi connectivity index (χ0n) is 14.8. The van der Waals surface area contributed by atoms with Gasteiger partial charge in [0, 0.05) is 15.6 Å². The van der Waals surface area contributed by atoms with Gasteiger partial charge in [-0.05, 0) is 29.7 Å². The molecular weight excluding hydrogens is 382 g/mol. The predicted octanol–water partition coefficient (Wildman–Crippen LogP) is 6.52. The molecular formula is C20H26BrNOS. The molecule has 0 amide bonds. The van der Waals surface area contributed by atoms with Gasteiger partial charge in [-0.1, -0.05) is 87.1 Å². The lowest BCUT2D eigenvalue weighted by molar-refractivity contribution is 0.679. The standard InChI is InChI=1S/C16H14BrNOS.2C2H6/c1-3-7-12(4-2)18-20(19)16-11-10-15(17)13-8-5-6-9-14(13)16;2*1-2/h3-11,18H,1-2H2;2*1-2H3/b12-7+;;. The van der Waals surface area contributed by atoms with Crippen molar-refractivity contribution in [2.75, 3.05) is 0 Å². The van der Waals surface area contributed by atoms with Crippen LogP contribution in [-0.4, -0.2) is 4.21 Å². The quantitative estimate of drug-likeness (QED) is 0.561. The topological polar surface area (TPSA) is 29.1 Å². The van der Waals surface area contributed by atoms with E-state index in [0.717, 1.165) is 20.1 Å². The van der Waals surface area contributed by atoms with Crippen molar-refractivity contribution in [3.05, 3.63) is 78.0 Å². The average Bonchev–Trinajstić information content (AvgIpc) is 2.65. The summed E-state index contributed by atoms with van der Waals surface area (Å²) < 4.78 is 16.4. The molecule has 0 aromatic heterocycles. The summed E-state index contributed by atoms with van der Waals surface area (Å²) in [5.41, 5.74) is 0.672. The highest BCUT2D eigenvalue weighted by molar-refractivity contribution is 9.10. The van der Waals surface area contributed by atoms with Crippen LogP contribution in [0.4, 0.5) is 0 Å². The van der Waals surface area contributed by atoms with E-state index < -0.39 is 11.0 Å². The van der Waals surface area contributed by atoms with E-state index in [4.69, 9.17) is 0 Å². The molecule has 0 aliphatic rings. The monoisotopic (exact) mass is 407 g/mol. The third kappa shape index (κ3) is 6.10. The first kappa shape index (κ1) is 22.4. The van der Waals surface area contributed by atoms with E-state index in [-0.39, 0.29) is 0 Å². The number of allylic oxidation sites excluding steroid dienone is 3. The highest BCUT2D eigenvalue weighted by Crippen LogP contribution is 2.28. The van der Waals surface area contributed by atoms with E-state index in [9.17, 15) is 4.21 Å². The van der Waals surface area contributed by atoms with Crippen LogP contribution in [0.5, 0.6) is 0 Å². The lowest BCUT2D eigenvalue weighted by atomic mass is 10.1. The summed E-state index contributed by atoms with van der Waals surface area (Å²) in [6.07, 6.45) is 4.97. The molecule has 0 bridgehead atoms. The first-order chi connectivity index (χ1) is 11.7. The maximum absolute atomic E-state index is 12.5. The molecule has 24 heavy (non-hydrogen) atoms. The second-order valence-electron chi connectivity index (χ2n) is 4.02. The average molecular weight is 408 g/mol. The number of hydrogen-bond donors (Lipinski definition) is 1. The number of nitrogens with one attached hydrogen (secondary N) is 1. The van der Waals surface area contributed by atoms with Crippen LogP contribution in [0.25, 0.3) is 10.8 Å². The zero-order valence-corrected chi connectivity index (χ0v) is 17.2. The Kier molecular flexibility index (Phi) is 11.9. The lowest BCUT2D eigenvalue weighted by Gasteiger charge is -2.10. The van der Waals surface area contributed by atoms with E-state index in [2.05, 4.69) is 33.8 Å². The molecule has 0 radical (unpaired) electrons. The van der Waals surface area contributed by atoms with Gasteiger partial charge in [0.25, 0.3) is 0 Å². The van der Waals surface area contributed by atoms with Gasteiger partial charge in [0.2, 0.25) is 0 Å². The molecule has 0 saturated carbocycles. The van der Waals surface area contributed by atoms with Gasteiger partial charge in [-0.25, -0.2) is 4.21 Å². The molecule has 0 heterocycles. The summed E-state index contributed by atoms with van der Waals surface area (Å²) in [5, 5.41) is 1.99. The maximum atomic E-state index is 12.5. The van der Waals surface area contributed by atoms with Gasteiger partial charge in [-0.15, -0.1) is 0 Å². The SMILES string of the molecule is C=C/C=C(\C=C)NS(=O)c1ccc(Br)c2ccccc12.CC.CC. The van der Waals surface area contributed by atoms with Gasteiger partial charge in [0.15, 0.2) is 11.0 Å². The molecule has 2 aromatic carbocycles. The predicted molar refractivity (Wildman–Crippen MR) is 112 cm³/mol. The highest BCUT2D eigenvalue weighted by atomic mass is 79.9. The molecule has 4 heteroatoms. The number of benzene rings is 2. The minimum Gasteiger partial charge on any atom is -0.301 e. The first-order valence-electron chi connectivity index (χ1n) is 7.98. The number of fused-ring (bicyclic) bond motifs is 1. The molecule has 0 aliphatic heterocycles. The van der Waals surface area contributed by atoms with Crippen molar-refractivity contribution >= 4 is 37.7 Å². The second kappa shape index (κ2) is 12.7. The summed E-state index contributed by atoms with van der Waals surface area (Å²) in [4.78, 5) is 0.737. The van der Waals surface area contributed by atoms with E-state index in [1.54, 1.807) is 18.2 Å². The fraction of sp³-hybridized carbons (Fsp3) is 0.200. The Hall–Kier alpha value is -1.65. The molecule has 0 spiro atoms. The van der Waals surface area contributed by atoms with Crippen LogP contribution in [-0.2, 0) is 11.0 Å². The van der Waals surface area contributed by atoms with Crippen molar-refractivity contribution in [2.45, 2.75) is 32.6 Å². The Bertz CT molecular complexity index is 723. The third-order valence-corrected chi connectivity index (χ3v) is 4.63. The minimum atomic E-state index is -1.36. The van der Waals surface area contributed by atoms with Crippen molar-refractivity contribution in [1.82, 2.24) is 4.72 Å². The van der Waals surface area contributed by atoms with Gasteiger partial charge in [0.05, 0.1) is 4.90 Å². The fourth-order valence-corrected chi connectivity index (χ4v) is 3.35. The highest BCUT2D eigenvalue weighted by Gasteiger charge is 2.10. The van der Waals surface area contributed by atoms with Crippen LogP contribution in [0.15, 0.2) is 82.8 Å². The van der Waals surface area contributed by atoms with Crippen molar-refractivity contribution in [2.24, 2.45) is 0 Å². The lowest BCUT2D eigenvalue weighted by Crippen LogP contribution is -2.15. The van der Waals surface area contributed by atoms with Gasteiger partial charge in [0.1, 0.15) is 0 Å². The molecule has 130 valence electrons. The summed E-state index contributed by atoms with van der Waals surface area (Å²) in [6, 6.07) is 11.6. The molecule has 0 fully saturated rings. The van der Waals surface area contributed by atoms with Crippen molar-refractivity contribution < 1.29 is 4.21 Å². The number of hydrogen-bond acceptors (Lipinski definition) is 1. The Labute approximate surface area is 157 Å². The molecule has 0 saturated heterocycles. The molecule has 2 aromatic rings. The molecule has 0 aliphatic carbocycles. The van der Waals surface area contributed by atoms with Gasteiger partial charge >= 0.3 is 0 Å². The van der Waals surface area contributed by atoms with Crippen molar-refractivity contribution in [3.8, 4) is 0 Å². The summed E-state index contributed by atoms with van der Waals surface area (Å²) >= 11 is 3.51. The van der Waals surface area contributed by atoms with Crippen LogP contribution < -0.4 is 4.72 Å². The van der Waals surface area contributed by atoms with E-state index in [1.165, 1.54) is 0 Å². The van der Waals surface area contributed by atoms with Crippen LogP contribution in [0.1, 0.15) is 27.7 Å². The Morgan fingerprint density at radius 3 is 2.17 bits per heavy atom. The van der Waals surface area contributed by atoms with Crippen molar-refractivity contribution in [3.63, 3.8) is 0 Å². The fourth-order valence-electron chi connectivity index (χ4n) is 1.83. The van der Waals surface area contributed by atoms with Crippen LogP contribution >= 0.6 is 15.9 Å². The molecule has 1 N–H and O–H groups in total. The van der Waals surface area contributed by atoms with Gasteiger partial charge < -0.3 is 4.72 Å². The first-order valence-corrected chi connectivity index (χ1v) is 9.92.